The number of aliphatic hydroxyl groups is 1. The lowest BCUT2D eigenvalue weighted by atomic mass is 9.93. The first-order chi connectivity index (χ1) is 6.47. The Bertz CT molecular complexity index is 258. The Kier molecular flexibility index (Phi) is 3.26. The Balaban J connectivity index is 2.69. The second-order valence-electron chi connectivity index (χ2n) is 4.01. The number of carbonyl (C=O) groups is 1. The predicted molar refractivity (Wildman–Crippen MR) is 53.6 cm³/mol. The maximum absolute atomic E-state index is 10.7. The van der Waals surface area contributed by atoms with E-state index in [1.165, 1.54) is 0 Å². The zero-order valence-electron chi connectivity index (χ0n) is 8.66. The van der Waals surface area contributed by atoms with Gasteiger partial charge in [0.2, 0.25) is 0 Å². The molecule has 0 amide bonds. The summed E-state index contributed by atoms with van der Waals surface area (Å²) in [6.45, 7) is 3.70. The van der Waals surface area contributed by atoms with Crippen LogP contribution in [0.25, 0.3) is 0 Å². The average molecular weight is 199 g/mol. The van der Waals surface area contributed by atoms with Gasteiger partial charge in [0.25, 0.3) is 0 Å². The molecule has 0 aliphatic carbocycles. The minimum absolute atomic E-state index is 0.210. The summed E-state index contributed by atoms with van der Waals surface area (Å²) in [5, 5.41) is 18.7. The van der Waals surface area contributed by atoms with E-state index in [9.17, 15) is 9.90 Å². The van der Waals surface area contributed by atoms with Crippen molar-refractivity contribution < 1.29 is 15.0 Å². The number of hydrogen-bond acceptors (Lipinski definition) is 3. The fourth-order valence-corrected chi connectivity index (χ4v) is 1.69. The van der Waals surface area contributed by atoms with Crippen LogP contribution in [0.3, 0.4) is 0 Å². The number of nitrogens with zero attached hydrogens (tertiary/aromatic N) is 1. The summed E-state index contributed by atoms with van der Waals surface area (Å²) in [7, 11) is 0. The third-order valence-corrected chi connectivity index (χ3v) is 2.58. The van der Waals surface area contributed by atoms with E-state index >= 15 is 0 Å². The third kappa shape index (κ3) is 2.32. The van der Waals surface area contributed by atoms with Crippen molar-refractivity contribution in [3.8, 4) is 0 Å². The van der Waals surface area contributed by atoms with E-state index in [4.69, 9.17) is 5.11 Å². The molecule has 1 rings (SSSR count). The summed E-state index contributed by atoms with van der Waals surface area (Å²) in [6, 6.07) is -0.753. The minimum Gasteiger partial charge on any atom is -0.480 e. The molecule has 0 fully saturated rings. The van der Waals surface area contributed by atoms with Crippen molar-refractivity contribution >= 4 is 11.7 Å². The predicted octanol–water partition coefficient (Wildman–Crippen LogP) is 1.23. The van der Waals surface area contributed by atoms with Gasteiger partial charge in [-0.1, -0.05) is 13.3 Å². The molecule has 14 heavy (non-hydrogen) atoms. The van der Waals surface area contributed by atoms with Gasteiger partial charge < -0.3 is 10.2 Å². The van der Waals surface area contributed by atoms with E-state index in [0.717, 1.165) is 12.8 Å². The maximum Gasteiger partial charge on any atom is 0.328 e. The Morgan fingerprint density at radius 3 is 2.79 bits per heavy atom. The molecular formula is C10H17NO3. The first-order valence-corrected chi connectivity index (χ1v) is 4.99. The number of carboxylic acid groups (broad SMARTS) is 1. The van der Waals surface area contributed by atoms with Crippen LogP contribution in [0.1, 0.15) is 39.5 Å². The summed E-state index contributed by atoms with van der Waals surface area (Å²) in [5.41, 5.74) is -0.371. The maximum atomic E-state index is 10.7. The lowest BCUT2D eigenvalue weighted by molar-refractivity contribution is -0.139. The smallest absolute Gasteiger partial charge is 0.328 e. The number of hydrogen-bond donors (Lipinski definition) is 2. The van der Waals surface area contributed by atoms with Gasteiger partial charge in [-0.3, -0.25) is 4.99 Å². The van der Waals surface area contributed by atoms with Gasteiger partial charge in [-0.05, 0) is 19.8 Å². The van der Waals surface area contributed by atoms with Crippen molar-refractivity contribution in [3.63, 3.8) is 0 Å². The molecular weight excluding hydrogens is 182 g/mol. The molecule has 4 nitrogen and oxygen atoms in total. The number of rotatable bonds is 4. The molecule has 0 bridgehead atoms. The molecule has 0 spiro atoms. The highest BCUT2D eigenvalue weighted by Crippen LogP contribution is 2.27. The van der Waals surface area contributed by atoms with E-state index in [2.05, 4.69) is 11.9 Å². The zero-order valence-corrected chi connectivity index (χ0v) is 8.66. The standard InChI is InChI=1S/C10H17NO3/c1-3-4-5-8-10(2,14)6-7(11-8)9(12)13/h7,14H,3-6H2,1-2H3,(H,12,13)/t7-,10-/m0/s1. The van der Waals surface area contributed by atoms with Gasteiger partial charge in [-0.2, -0.15) is 0 Å². The second-order valence-corrected chi connectivity index (χ2v) is 4.01. The van der Waals surface area contributed by atoms with Crippen LogP contribution in [0.2, 0.25) is 0 Å². The van der Waals surface area contributed by atoms with Crippen molar-refractivity contribution in [1.82, 2.24) is 0 Å². The van der Waals surface area contributed by atoms with Gasteiger partial charge in [-0.15, -0.1) is 0 Å². The Hall–Kier alpha value is -0.900. The normalized spacial score (nSPS) is 31.6. The number of aliphatic imine (C=N–C) groups is 1. The van der Waals surface area contributed by atoms with E-state index in [1.807, 2.05) is 0 Å². The molecule has 0 unspecified atom stereocenters. The molecule has 0 aromatic heterocycles. The molecule has 2 atom stereocenters. The second kappa shape index (κ2) is 4.09. The first-order valence-electron chi connectivity index (χ1n) is 4.99. The molecule has 1 aliphatic heterocycles. The summed E-state index contributed by atoms with van der Waals surface area (Å²) in [5.74, 6) is -0.947. The van der Waals surface area contributed by atoms with Gasteiger partial charge in [0.15, 0.2) is 6.04 Å². The molecule has 0 radical (unpaired) electrons. The van der Waals surface area contributed by atoms with E-state index in [0.29, 0.717) is 12.1 Å². The number of carboxylic acids is 1. The highest BCUT2D eigenvalue weighted by Gasteiger charge is 2.39. The topological polar surface area (TPSA) is 69.9 Å². The van der Waals surface area contributed by atoms with Crippen molar-refractivity contribution in [2.24, 2.45) is 4.99 Å². The zero-order chi connectivity index (χ0) is 10.8. The molecule has 1 heterocycles. The monoisotopic (exact) mass is 199 g/mol. The summed E-state index contributed by atoms with van der Waals surface area (Å²) < 4.78 is 0. The fourth-order valence-electron chi connectivity index (χ4n) is 1.69. The molecule has 2 N–H and O–H groups in total. The minimum atomic E-state index is -1.02. The van der Waals surface area contributed by atoms with Crippen molar-refractivity contribution in [2.75, 3.05) is 0 Å². The van der Waals surface area contributed by atoms with Crippen LogP contribution < -0.4 is 0 Å². The quantitative estimate of drug-likeness (QED) is 0.715. The van der Waals surface area contributed by atoms with E-state index in [-0.39, 0.29) is 6.42 Å². The highest BCUT2D eigenvalue weighted by atomic mass is 16.4. The summed E-state index contributed by atoms with van der Waals surface area (Å²) >= 11 is 0. The van der Waals surface area contributed by atoms with Crippen LogP contribution in [0.4, 0.5) is 0 Å². The molecule has 1 aliphatic rings. The number of unbranched alkanes of at least 4 members (excludes halogenated alkanes) is 1. The lowest BCUT2D eigenvalue weighted by Crippen LogP contribution is -2.33. The van der Waals surface area contributed by atoms with E-state index in [1.54, 1.807) is 6.92 Å². The molecule has 0 saturated heterocycles. The van der Waals surface area contributed by atoms with Crippen LogP contribution in [0.15, 0.2) is 4.99 Å². The highest BCUT2D eigenvalue weighted by molar-refractivity contribution is 5.97. The summed E-state index contributed by atoms with van der Waals surface area (Å²) in [6.07, 6.45) is 2.88. The van der Waals surface area contributed by atoms with Crippen LogP contribution in [0, 0.1) is 0 Å². The van der Waals surface area contributed by atoms with Crippen molar-refractivity contribution in [2.45, 2.75) is 51.2 Å². The van der Waals surface area contributed by atoms with Gasteiger partial charge in [0, 0.05) is 12.1 Å². The van der Waals surface area contributed by atoms with Crippen LogP contribution in [0.5, 0.6) is 0 Å². The van der Waals surface area contributed by atoms with Crippen molar-refractivity contribution in [1.29, 1.82) is 0 Å². The molecule has 80 valence electrons. The molecule has 4 heteroatoms. The first kappa shape index (κ1) is 11.2. The van der Waals surface area contributed by atoms with Gasteiger partial charge in [0.05, 0.1) is 0 Å². The molecule has 0 aromatic rings. The van der Waals surface area contributed by atoms with E-state index < -0.39 is 17.6 Å². The third-order valence-electron chi connectivity index (χ3n) is 2.58. The lowest BCUT2D eigenvalue weighted by Gasteiger charge is -2.18. The van der Waals surface area contributed by atoms with Crippen LogP contribution in [-0.4, -0.2) is 33.5 Å². The Morgan fingerprint density at radius 1 is 1.71 bits per heavy atom. The van der Waals surface area contributed by atoms with Crippen LogP contribution >= 0.6 is 0 Å². The van der Waals surface area contributed by atoms with Gasteiger partial charge in [-0.25, -0.2) is 4.79 Å². The Morgan fingerprint density at radius 2 is 2.36 bits per heavy atom. The largest absolute Gasteiger partial charge is 0.480 e. The van der Waals surface area contributed by atoms with Gasteiger partial charge >= 0.3 is 5.97 Å². The number of aliphatic carboxylic acids is 1. The fraction of sp³-hybridized carbons (Fsp3) is 0.800. The Labute approximate surface area is 83.7 Å². The molecule has 0 aromatic carbocycles. The van der Waals surface area contributed by atoms with Gasteiger partial charge in [0.1, 0.15) is 5.60 Å². The van der Waals surface area contributed by atoms with Crippen molar-refractivity contribution in [3.05, 3.63) is 0 Å². The average Bonchev–Trinajstić information content (AvgIpc) is 2.38. The molecule has 0 saturated carbocycles. The summed E-state index contributed by atoms with van der Waals surface area (Å²) in [4.78, 5) is 14.7. The SMILES string of the molecule is CCCCC1=N[C@H](C(=O)O)C[C@]1(C)O. The van der Waals surface area contributed by atoms with Crippen LogP contribution in [-0.2, 0) is 4.79 Å².